The van der Waals surface area contributed by atoms with Gasteiger partial charge in [-0.1, -0.05) is 38.5 Å². The molecule has 1 aromatic rings. The second-order valence-electron chi connectivity index (χ2n) is 10.5. The van der Waals surface area contributed by atoms with Gasteiger partial charge in [-0.05, 0) is 65.9 Å². The number of hydrogen-bond donors (Lipinski definition) is 3. The summed E-state index contributed by atoms with van der Waals surface area (Å²) >= 11 is 0. The maximum absolute atomic E-state index is 14.1. The Kier molecular flexibility index (Phi) is 9.36. The third-order valence-corrected chi connectivity index (χ3v) is 6.06. The number of carbonyl (C=O) groups is 3. The van der Waals surface area contributed by atoms with E-state index >= 15 is 0 Å². The van der Waals surface area contributed by atoms with Gasteiger partial charge in [-0.2, -0.15) is 0 Å². The van der Waals surface area contributed by atoms with Gasteiger partial charge in [0.05, 0.1) is 0 Å². The molecule has 0 heterocycles. The average Bonchev–Trinajstić information content (AvgIpc) is 2.68. The molecule has 8 nitrogen and oxygen atoms in total. The second kappa shape index (κ2) is 11.6. The topological polar surface area (TPSA) is 108 Å². The van der Waals surface area contributed by atoms with Crippen LogP contribution < -0.4 is 10.6 Å². The zero-order chi connectivity index (χ0) is 25.6. The molecule has 1 saturated carbocycles. The van der Waals surface area contributed by atoms with E-state index in [9.17, 15) is 19.5 Å². The Morgan fingerprint density at radius 3 is 2.21 bits per heavy atom. The molecule has 0 bridgehead atoms. The molecule has 3 unspecified atom stereocenters. The first-order chi connectivity index (χ1) is 15.9. The molecule has 0 aliphatic heterocycles. The van der Waals surface area contributed by atoms with Gasteiger partial charge in [0.15, 0.2) is 0 Å². The molecule has 0 saturated heterocycles. The summed E-state index contributed by atoms with van der Waals surface area (Å²) in [6, 6.07) is 4.38. The number of para-hydroxylation sites is 1. The van der Waals surface area contributed by atoms with E-state index in [2.05, 4.69) is 10.6 Å². The Bertz CT molecular complexity index is 860. The summed E-state index contributed by atoms with van der Waals surface area (Å²) in [5.41, 5.74) is -0.350. The van der Waals surface area contributed by atoms with Gasteiger partial charge in [0.1, 0.15) is 23.4 Å². The lowest BCUT2D eigenvalue weighted by Gasteiger charge is -2.44. The Morgan fingerprint density at radius 2 is 1.74 bits per heavy atom. The first-order valence-corrected chi connectivity index (χ1v) is 12.3. The number of phenols is 1. The number of nitrogens with one attached hydrogen (secondary N) is 2. The molecular weight excluding hydrogens is 434 g/mol. The Balaban J connectivity index is 2.51. The summed E-state index contributed by atoms with van der Waals surface area (Å²) in [6.07, 6.45) is 2.42. The van der Waals surface area contributed by atoms with Crippen molar-refractivity contribution in [2.75, 3.05) is 0 Å². The minimum atomic E-state index is -1.02. The highest BCUT2D eigenvalue weighted by molar-refractivity contribution is 5.93. The van der Waals surface area contributed by atoms with E-state index in [1.54, 1.807) is 43.9 Å². The van der Waals surface area contributed by atoms with Crippen LogP contribution in [0, 0.1) is 5.92 Å². The SMILES string of the molecule is CCC(C)C(NC(=O)OC(C)(C)C)C(=O)N(C1CCC1)C(C(=O)NC(C)C)c1ccccc1O. The molecule has 0 aromatic heterocycles. The van der Waals surface area contributed by atoms with Gasteiger partial charge in [0.25, 0.3) is 0 Å². The van der Waals surface area contributed by atoms with Crippen molar-refractivity contribution < 1.29 is 24.2 Å². The van der Waals surface area contributed by atoms with E-state index in [1.165, 1.54) is 6.07 Å². The second-order valence-corrected chi connectivity index (χ2v) is 10.5. The molecule has 3 amide bonds. The van der Waals surface area contributed by atoms with Gasteiger partial charge < -0.3 is 25.4 Å². The third-order valence-electron chi connectivity index (χ3n) is 6.06. The number of nitrogens with zero attached hydrogens (tertiary/aromatic N) is 1. The highest BCUT2D eigenvalue weighted by Crippen LogP contribution is 2.37. The molecule has 190 valence electrons. The van der Waals surface area contributed by atoms with Crippen LogP contribution in [0.25, 0.3) is 0 Å². The molecule has 1 aliphatic rings. The quantitative estimate of drug-likeness (QED) is 0.494. The van der Waals surface area contributed by atoms with Crippen LogP contribution in [-0.4, -0.2) is 51.6 Å². The minimum Gasteiger partial charge on any atom is -0.508 e. The molecule has 0 spiro atoms. The number of aromatic hydroxyl groups is 1. The van der Waals surface area contributed by atoms with Crippen molar-refractivity contribution >= 4 is 17.9 Å². The van der Waals surface area contributed by atoms with Gasteiger partial charge in [0, 0.05) is 17.6 Å². The number of carbonyl (C=O) groups excluding carboxylic acids is 3. The van der Waals surface area contributed by atoms with Gasteiger partial charge >= 0.3 is 6.09 Å². The molecule has 3 N–H and O–H groups in total. The normalized spacial score (nSPS) is 16.7. The predicted molar refractivity (Wildman–Crippen MR) is 131 cm³/mol. The molecule has 3 atom stereocenters. The summed E-state index contributed by atoms with van der Waals surface area (Å²) in [6.45, 7) is 12.8. The van der Waals surface area contributed by atoms with Crippen LogP contribution in [0.15, 0.2) is 24.3 Å². The number of amides is 3. The summed E-state index contributed by atoms with van der Waals surface area (Å²) in [5, 5.41) is 16.3. The van der Waals surface area contributed by atoms with E-state index in [0.717, 1.165) is 19.3 Å². The predicted octanol–water partition coefficient (Wildman–Crippen LogP) is 4.28. The maximum atomic E-state index is 14.1. The number of rotatable bonds is 9. The Hall–Kier alpha value is -2.77. The van der Waals surface area contributed by atoms with Crippen molar-refractivity contribution in [3.8, 4) is 5.75 Å². The van der Waals surface area contributed by atoms with Crippen LogP contribution in [0.5, 0.6) is 5.75 Å². The molecule has 34 heavy (non-hydrogen) atoms. The highest BCUT2D eigenvalue weighted by Gasteiger charge is 2.43. The third kappa shape index (κ3) is 7.11. The lowest BCUT2D eigenvalue weighted by molar-refractivity contribution is -0.148. The summed E-state index contributed by atoms with van der Waals surface area (Å²) in [5.74, 6) is -0.960. The van der Waals surface area contributed by atoms with Gasteiger partial charge in [0.2, 0.25) is 11.8 Å². The van der Waals surface area contributed by atoms with Gasteiger partial charge in [-0.15, -0.1) is 0 Å². The number of phenolic OH excluding ortho intramolecular Hbond substituents is 1. The molecule has 1 aliphatic carbocycles. The summed E-state index contributed by atoms with van der Waals surface area (Å²) in [7, 11) is 0. The fourth-order valence-electron chi connectivity index (χ4n) is 3.96. The Labute approximate surface area is 203 Å². The van der Waals surface area contributed by atoms with Crippen molar-refractivity contribution in [3.63, 3.8) is 0 Å². The highest BCUT2D eigenvalue weighted by atomic mass is 16.6. The smallest absolute Gasteiger partial charge is 0.408 e. The molecule has 1 aromatic carbocycles. The number of benzene rings is 1. The van der Waals surface area contributed by atoms with Crippen molar-refractivity contribution in [2.24, 2.45) is 5.92 Å². The lowest BCUT2D eigenvalue weighted by atomic mass is 9.86. The first-order valence-electron chi connectivity index (χ1n) is 12.3. The van der Waals surface area contributed by atoms with E-state index in [4.69, 9.17) is 4.74 Å². The van der Waals surface area contributed by atoms with Crippen LogP contribution in [0.1, 0.15) is 85.8 Å². The van der Waals surface area contributed by atoms with Gasteiger partial charge in [-0.25, -0.2) is 4.79 Å². The van der Waals surface area contributed by atoms with E-state index in [-0.39, 0.29) is 35.6 Å². The van der Waals surface area contributed by atoms with Crippen molar-refractivity contribution in [2.45, 2.75) is 104 Å². The number of hydrogen-bond acceptors (Lipinski definition) is 5. The first kappa shape index (κ1) is 27.5. The fraction of sp³-hybridized carbons (Fsp3) is 0.654. The average molecular weight is 476 g/mol. The van der Waals surface area contributed by atoms with Crippen molar-refractivity contribution in [1.29, 1.82) is 0 Å². The minimum absolute atomic E-state index is 0.0521. The molecule has 0 radical (unpaired) electrons. The standard InChI is InChI=1S/C26H41N3O5/c1-8-17(4)21(28-25(33)34-26(5,6)7)24(32)29(18-12-11-13-18)22(23(31)27-16(2)3)19-14-9-10-15-20(19)30/h9-10,14-18,21-22,30H,8,11-13H2,1-7H3,(H,27,31)(H,28,33). The molecular formula is C26H41N3O5. The molecule has 2 rings (SSSR count). The van der Waals surface area contributed by atoms with Crippen molar-refractivity contribution in [1.82, 2.24) is 15.5 Å². The van der Waals surface area contributed by atoms with Gasteiger partial charge in [-0.3, -0.25) is 9.59 Å². The van der Waals surface area contributed by atoms with E-state index in [1.807, 2.05) is 27.7 Å². The van der Waals surface area contributed by atoms with E-state index < -0.39 is 23.8 Å². The maximum Gasteiger partial charge on any atom is 0.408 e. The fourth-order valence-corrected chi connectivity index (χ4v) is 3.96. The monoisotopic (exact) mass is 475 g/mol. The van der Waals surface area contributed by atoms with Crippen LogP contribution in [0.2, 0.25) is 0 Å². The number of alkyl carbamates (subject to hydrolysis) is 1. The van der Waals surface area contributed by atoms with Crippen LogP contribution in [0.3, 0.4) is 0 Å². The zero-order valence-electron chi connectivity index (χ0n) is 21.6. The van der Waals surface area contributed by atoms with Crippen molar-refractivity contribution in [3.05, 3.63) is 29.8 Å². The summed E-state index contributed by atoms with van der Waals surface area (Å²) < 4.78 is 5.42. The van der Waals surface area contributed by atoms with Crippen LogP contribution >= 0.6 is 0 Å². The van der Waals surface area contributed by atoms with Crippen LogP contribution in [0.4, 0.5) is 4.79 Å². The van der Waals surface area contributed by atoms with Crippen LogP contribution in [-0.2, 0) is 14.3 Å². The van der Waals surface area contributed by atoms with E-state index in [0.29, 0.717) is 12.0 Å². The number of ether oxygens (including phenoxy) is 1. The Morgan fingerprint density at radius 1 is 1.12 bits per heavy atom. The molecule has 8 heteroatoms. The summed E-state index contributed by atoms with van der Waals surface area (Å²) in [4.78, 5) is 41.7. The molecule has 1 fully saturated rings. The zero-order valence-corrected chi connectivity index (χ0v) is 21.6. The lowest BCUT2D eigenvalue weighted by Crippen LogP contribution is -2.59. The largest absolute Gasteiger partial charge is 0.508 e.